The quantitative estimate of drug-likeness (QED) is 0.812. The van der Waals surface area contributed by atoms with Gasteiger partial charge in [-0.15, -0.1) is 0 Å². The van der Waals surface area contributed by atoms with Crippen molar-refractivity contribution in [3.05, 3.63) is 36.4 Å². The molecule has 22 heavy (non-hydrogen) atoms. The van der Waals surface area contributed by atoms with Gasteiger partial charge in [-0.1, -0.05) is 30.3 Å². The molecular formula is C15H16N4O2S. The lowest BCUT2D eigenvalue weighted by atomic mass is 10.1. The Hall–Kier alpha value is -2.41. The lowest BCUT2D eigenvalue weighted by Crippen LogP contribution is -2.48. The van der Waals surface area contributed by atoms with Gasteiger partial charge in [-0.25, -0.2) is 4.79 Å². The largest absolute Gasteiger partial charge is 0.354 e. The molecule has 0 aliphatic carbocycles. The van der Waals surface area contributed by atoms with Crippen LogP contribution in [0.2, 0.25) is 0 Å². The van der Waals surface area contributed by atoms with Gasteiger partial charge in [0.05, 0.1) is 5.69 Å². The number of carbonyl (C=O) groups is 2. The minimum atomic E-state index is -0.274. The van der Waals surface area contributed by atoms with Gasteiger partial charge < -0.3 is 10.6 Å². The summed E-state index contributed by atoms with van der Waals surface area (Å²) < 4.78 is 4.34. The number of aromatic nitrogens is 1. The van der Waals surface area contributed by atoms with Crippen LogP contribution < -0.4 is 16.0 Å². The molecule has 1 aliphatic rings. The molecular weight excluding hydrogens is 300 g/mol. The van der Waals surface area contributed by atoms with Crippen molar-refractivity contribution in [3.63, 3.8) is 0 Å². The van der Waals surface area contributed by atoms with Crippen LogP contribution in [0.4, 0.5) is 9.80 Å². The van der Waals surface area contributed by atoms with Crippen LogP contribution in [0.25, 0.3) is 11.3 Å². The van der Waals surface area contributed by atoms with E-state index in [-0.39, 0.29) is 18.0 Å². The summed E-state index contributed by atoms with van der Waals surface area (Å²) in [5.41, 5.74) is 1.85. The number of piperidine rings is 1. The molecule has 3 rings (SSSR count). The number of carbonyl (C=O) groups excluding carboxylic acids is 2. The van der Waals surface area contributed by atoms with E-state index in [1.54, 1.807) is 0 Å². The first-order chi connectivity index (χ1) is 10.7. The zero-order valence-corrected chi connectivity index (χ0v) is 12.7. The summed E-state index contributed by atoms with van der Waals surface area (Å²) >= 11 is 1.24. The number of anilines is 1. The van der Waals surface area contributed by atoms with E-state index in [1.165, 1.54) is 11.5 Å². The first kappa shape index (κ1) is 14.5. The van der Waals surface area contributed by atoms with Crippen LogP contribution in [0.15, 0.2) is 36.4 Å². The molecule has 6 nitrogen and oxygen atoms in total. The second kappa shape index (κ2) is 6.57. The Balaban J connectivity index is 1.56. The van der Waals surface area contributed by atoms with Crippen molar-refractivity contribution in [2.24, 2.45) is 0 Å². The molecule has 1 saturated heterocycles. The predicted molar refractivity (Wildman–Crippen MR) is 85.7 cm³/mol. The molecule has 114 valence electrons. The first-order valence-corrected chi connectivity index (χ1v) is 7.84. The van der Waals surface area contributed by atoms with Gasteiger partial charge >= 0.3 is 6.03 Å². The number of hydrogen-bond donors (Lipinski definition) is 3. The average molecular weight is 316 g/mol. The fourth-order valence-corrected chi connectivity index (χ4v) is 2.93. The number of benzene rings is 1. The van der Waals surface area contributed by atoms with E-state index in [0.717, 1.165) is 11.3 Å². The van der Waals surface area contributed by atoms with Crippen molar-refractivity contribution in [1.29, 1.82) is 0 Å². The number of urea groups is 1. The van der Waals surface area contributed by atoms with E-state index < -0.39 is 0 Å². The molecule has 1 fully saturated rings. The lowest BCUT2D eigenvalue weighted by molar-refractivity contribution is -0.122. The van der Waals surface area contributed by atoms with Crippen molar-refractivity contribution >= 4 is 28.5 Å². The third-order valence-electron chi connectivity index (χ3n) is 3.42. The summed E-state index contributed by atoms with van der Waals surface area (Å²) in [5.74, 6) is 0.0356. The van der Waals surface area contributed by atoms with Gasteiger partial charge in [0.15, 0.2) is 0 Å². The van der Waals surface area contributed by atoms with Crippen molar-refractivity contribution in [1.82, 2.24) is 15.0 Å². The molecule has 1 aliphatic heterocycles. The van der Waals surface area contributed by atoms with Gasteiger partial charge in [-0.3, -0.25) is 10.1 Å². The summed E-state index contributed by atoms with van der Waals surface area (Å²) in [6.07, 6.45) is 1.11. The molecule has 0 saturated carbocycles. The van der Waals surface area contributed by atoms with Crippen LogP contribution in [0.5, 0.6) is 0 Å². The van der Waals surface area contributed by atoms with E-state index in [2.05, 4.69) is 20.3 Å². The van der Waals surface area contributed by atoms with Crippen LogP contribution in [-0.4, -0.2) is 28.9 Å². The molecule has 0 bridgehead atoms. The molecule has 2 heterocycles. The topological polar surface area (TPSA) is 83.1 Å². The Morgan fingerprint density at radius 3 is 2.86 bits per heavy atom. The van der Waals surface area contributed by atoms with E-state index in [1.807, 2.05) is 36.4 Å². The molecule has 1 aromatic carbocycles. The fourth-order valence-electron chi connectivity index (χ4n) is 2.27. The third-order valence-corrected chi connectivity index (χ3v) is 4.12. The summed E-state index contributed by atoms with van der Waals surface area (Å²) in [6.45, 7) is 0.476. The fraction of sp³-hybridized carbons (Fsp3) is 0.267. The van der Waals surface area contributed by atoms with E-state index >= 15 is 0 Å². The Morgan fingerprint density at radius 2 is 2.14 bits per heavy atom. The van der Waals surface area contributed by atoms with Crippen LogP contribution in [0, 0.1) is 0 Å². The van der Waals surface area contributed by atoms with E-state index in [0.29, 0.717) is 24.4 Å². The highest BCUT2D eigenvalue weighted by Crippen LogP contribution is 2.25. The Labute approximate surface area is 132 Å². The number of nitrogens with zero attached hydrogens (tertiary/aromatic N) is 1. The second-order valence-electron chi connectivity index (χ2n) is 5.08. The second-order valence-corrected chi connectivity index (χ2v) is 5.89. The minimum Gasteiger partial charge on any atom is -0.354 e. The van der Waals surface area contributed by atoms with Crippen molar-refractivity contribution in [3.8, 4) is 11.3 Å². The molecule has 3 N–H and O–H groups in total. The normalized spacial score (nSPS) is 17.6. The first-order valence-electron chi connectivity index (χ1n) is 7.07. The van der Waals surface area contributed by atoms with Crippen LogP contribution in [0.1, 0.15) is 12.8 Å². The number of amides is 3. The molecule has 7 heteroatoms. The summed E-state index contributed by atoms with van der Waals surface area (Å²) in [4.78, 5) is 23.0. The lowest BCUT2D eigenvalue weighted by Gasteiger charge is -2.23. The zero-order valence-electron chi connectivity index (χ0n) is 11.8. The van der Waals surface area contributed by atoms with Gasteiger partial charge in [0.1, 0.15) is 5.00 Å². The van der Waals surface area contributed by atoms with Crippen LogP contribution in [-0.2, 0) is 4.79 Å². The van der Waals surface area contributed by atoms with Gasteiger partial charge in [0.25, 0.3) is 0 Å². The van der Waals surface area contributed by atoms with Crippen molar-refractivity contribution in [2.75, 3.05) is 11.9 Å². The van der Waals surface area contributed by atoms with Crippen molar-refractivity contribution < 1.29 is 9.59 Å². The maximum Gasteiger partial charge on any atom is 0.320 e. The number of nitrogens with one attached hydrogen (secondary N) is 3. The number of rotatable bonds is 3. The summed E-state index contributed by atoms with van der Waals surface area (Å²) in [5, 5.41) is 9.06. The Bertz CT molecular complexity index is 661. The molecule has 0 radical (unpaired) electrons. The molecule has 1 atom stereocenters. The van der Waals surface area contributed by atoms with Gasteiger partial charge in [-0.05, 0) is 18.0 Å². The van der Waals surface area contributed by atoms with Gasteiger partial charge in [0.2, 0.25) is 5.91 Å². The van der Waals surface area contributed by atoms with Gasteiger partial charge in [-0.2, -0.15) is 4.37 Å². The minimum absolute atomic E-state index is 0.0285. The third kappa shape index (κ3) is 3.62. The Morgan fingerprint density at radius 1 is 1.32 bits per heavy atom. The highest BCUT2D eigenvalue weighted by atomic mass is 32.1. The maximum absolute atomic E-state index is 12.0. The SMILES string of the molecule is O=C1CC[C@@H](NC(=O)Nc2cc(-c3ccccc3)ns2)CN1. The Kier molecular flexibility index (Phi) is 4.34. The standard InChI is InChI=1S/C15H16N4O2S/c20-13-7-6-11(9-16-13)17-15(21)18-14-8-12(19-22-14)10-4-2-1-3-5-10/h1-5,8,11H,6-7,9H2,(H,16,20)(H2,17,18,21)/t11-/m1/s1. The van der Waals surface area contributed by atoms with E-state index in [9.17, 15) is 9.59 Å². The van der Waals surface area contributed by atoms with Crippen LogP contribution >= 0.6 is 11.5 Å². The molecule has 1 aromatic heterocycles. The molecule has 0 spiro atoms. The highest BCUT2D eigenvalue weighted by molar-refractivity contribution is 7.10. The van der Waals surface area contributed by atoms with Crippen LogP contribution in [0.3, 0.4) is 0 Å². The highest BCUT2D eigenvalue weighted by Gasteiger charge is 2.19. The summed E-state index contributed by atoms with van der Waals surface area (Å²) in [6, 6.07) is 11.3. The maximum atomic E-state index is 12.0. The zero-order chi connectivity index (χ0) is 15.4. The van der Waals surface area contributed by atoms with Crippen molar-refractivity contribution in [2.45, 2.75) is 18.9 Å². The average Bonchev–Trinajstić information content (AvgIpc) is 2.99. The monoisotopic (exact) mass is 316 g/mol. The smallest absolute Gasteiger partial charge is 0.320 e. The summed E-state index contributed by atoms with van der Waals surface area (Å²) in [7, 11) is 0. The van der Waals surface area contributed by atoms with Gasteiger partial charge in [0, 0.05) is 30.6 Å². The predicted octanol–water partition coefficient (Wildman–Crippen LogP) is 2.21. The number of hydrogen-bond acceptors (Lipinski definition) is 4. The molecule has 3 amide bonds. The molecule has 2 aromatic rings. The molecule has 0 unspecified atom stereocenters. The van der Waals surface area contributed by atoms with E-state index in [4.69, 9.17) is 0 Å².